The molecular weight excluding hydrogens is 220 g/mol. The maximum atomic E-state index is 12.1. The second-order valence-corrected chi connectivity index (χ2v) is 4.55. The van der Waals surface area contributed by atoms with Crippen LogP contribution in [0.2, 0.25) is 0 Å². The predicted octanol–water partition coefficient (Wildman–Crippen LogP) is 0.114. The monoisotopic (exact) mass is 244 g/mol. The first kappa shape index (κ1) is 14.4. The Hall–Kier alpha value is -0.650. The zero-order valence-corrected chi connectivity index (χ0v) is 10.6. The number of nitrogens with zero attached hydrogens (tertiary/aromatic N) is 1. The van der Waals surface area contributed by atoms with E-state index in [0.717, 1.165) is 12.8 Å². The summed E-state index contributed by atoms with van der Waals surface area (Å²) in [4.78, 5) is 14.0. The van der Waals surface area contributed by atoms with Gasteiger partial charge in [0.1, 0.15) is 0 Å². The van der Waals surface area contributed by atoms with Gasteiger partial charge in [0.05, 0.1) is 12.5 Å². The normalized spacial score (nSPS) is 17.6. The van der Waals surface area contributed by atoms with E-state index in [2.05, 4.69) is 0 Å². The fourth-order valence-electron chi connectivity index (χ4n) is 2.03. The lowest BCUT2D eigenvalue weighted by Crippen LogP contribution is -2.46. The van der Waals surface area contributed by atoms with Gasteiger partial charge in [-0.2, -0.15) is 0 Å². The highest BCUT2D eigenvalue weighted by Crippen LogP contribution is 2.25. The SMILES string of the molecule is COC(CN)CC(=O)N(CCCO)C1CCC1. The van der Waals surface area contributed by atoms with Crippen molar-refractivity contribution in [3.8, 4) is 0 Å². The van der Waals surface area contributed by atoms with Crippen LogP contribution < -0.4 is 5.73 Å². The van der Waals surface area contributed by atoms with E-state index < -0.39 is 0 Å². The molecule has 0 heterocycles. The van der Waals surface area contributed by atoms with Gasteiger partial charge in [-0.1, -0.05) is 0 Å². The van der Waals surface area contributed by atoms with Gasteiger partial charge in [-0.25, -0.2) is 0 Å². The van der Waals surface area contributed by atoms with Gasteiger partial charge in [-0.15, -0.1) is 0 Å². The van der Waals surface area contributed by atoms with E-state index in [1.165, 1.54) is 6.42 Å². The van der Waals surface area contributed by atoms with Gasteiger partial charge < -0.3 is 20.5 Å². The maximum Gasteiger partial charge on any atom is 0.225 e. The molecule has 0 saturated heterocycles. The number of nitrogens with two attached hydrogens (primary N) is 1. The second-order valence-electron chi connectivity index (χ2n) is 4.55. The molecule has 1 rings (SSSR count). The van der Waals surface area contributed by atoms with E-state index >= 15 is 0 Å². The Kier molecular flexibility index (Phi) is 6.47. The Morgan fingerprint density at radius 1 is 1.59 bits per heavy atom. The molecule has 1 aliphatic carbocycles. The molecule has 0 aromatic rings. The molecule has 5 nitrogen and oxygen atoms in total. The van der Waals surface area contributed by atoms with Crippen molar-refractivity contribution in [3.05, 3.63) is 0 Å². The number of hydrogen-bond donors (Lipinski definition) is 2. The van der Waals surface area contributed by atoms with Crippen LogP contribution in [0.25, 0.3) is 0 Å². The van der Waals surface area contributed by atoms with Crippen molar-refractivity contribution < 1.29 is 14.6 Å². The zero-order valence-electron chi connectivity index (χ0n) is 10.6. The molecule has 3 N–H and O–H groups in total. The van der Waals surface area contributed by atoms with Crippen LogP contribution >= 0.6 is 0 Å². The van der Waals surface area contributed by atoms with Crippen molar-refractivity contribution in [3.63, 3.8) is 0 Å². The van der Waals surface area contributed by atoms with Gasteiger partial charge >= 0.3 is 0 Å². The number of aliphatic hydroxyl groups is 1. The predicted molar refractivity (Wildman–Crippen MR) is 65.5 cm³/mol. The molecule has 0 aliphatic heterocycles. The highest BCUT2D eigenvalue weighted by Gasteiger charge is 2.29. The smallest absolute Gasteiger partial charge is 0.225 e. The molecular formula is C12H24N2O3. The van der Waals surface area contributed by atoms with E-state index in [1.807, 2.05) is 4.90 Å². The molecule has 1 fully saturated rings. The number of rotatable bonds is 8. The van der Waals surface area contributed by atoms with Crippen molar-refractivity contribution >= 4 is 5.91 Å². The van der Waals surface area contributed by atoms with Crippen LogP contribution in [0.15, 0.2) is 0 Å². The van der Waals surface area contributed by atoms with Crippen molar-refractivity contribution in [1.29, 1.82) is 0 Å². The Morgan fingerprint density at radius 2 is 2.29 bits per heavy atom. The van der Waals surface area contributed by atoms with Gasteiger partial charge in [0.15, 0.2) is 0 Å². The lowest BCUT2D eigenvalue weighted by Gasteiger charge is -2.38. The number of carbonyl (C=O) groups is 1. The molecule has 0 bridgehead atoms. The molecule has 1 saturated carbocycles. The topological polar surface area (TPSA) is 75.8 Å². The fourth-order valence-corrected chi connectivity index (χ4v) is 2.03. The highest BCUT2D eigenvalue weighted by atomic mass is 16.5. The average molecular weight is 244 g/mol. The van der Waals surface area contributed by atoms with Crippen LogP contribution in [0, 0.1) is 0 Å². The fraction of sp³-hybridized carbons (Fsp3) is 0.917. The van der Waals surface area contributed by atoms with Crippen molar-refractivity contribution in [2.24, 2.45) is 5.73 Å². The molecule has 1 aliphatic rings. The van der Waals surface area contributed by atoms with Crippen molar-refractivity contribution in [2.75, 3.05) is 26.8 Å². The third kappa shape index (κ3) is 4.26. The van der Waals surface area contributed by atoms with Crippen LogP contribution in [-0.4, -0.2) is 54.9 Å². The molecule has 100 valence electrons. The van der Waals surface area contributed by atoms with Crippen LogP contribution in [0.5, 0.6) is 0 Å². The summed E-state index contributed by atoms with van der Waals surface area (Å²) in [6.07, 6.45) is 4.14. The van der Waals surface area contributed by atoms with E-state index in [1.54, 1.807) is 7.11 Å². The molecule has 1 unspecified atom stereocenters. The zero-order chi connectivity index (χ0) is 12.7. The second kappa shape index (κ2) is 7.63. The summed E-state index contributed by atoms with van der Waals surface area (Å²) in [5.74, 6) is 0.0976. The number of aliphatic hydroxyl groups excluding tert-OH is 1. The summed E-state index contributed by atoms with van der Waals surface area (Å²) >= 11 is 0. The lowest BCUT2D eigenvalue weighted by molar-refractivity contribution is -0.137. The largest absolute Gasteiger partial charge is 0.396 e. The van der Waals surface area contributed by atoms with E-state index in [9.17, 15) is 4.79 Å². The summed E-state index contributed by atoms with van der Waals surface area (Å²) in [6, 6.07) is 0.365. The Bertz CT molecular complexity index is 228. The first-order chi connectivity index (χ1) is 8.22. The third-order valence-electron chi connectivity index (χ3n) is 3.39. The first-order valence-electron chi connectivity index (χ1n) is 6.36. The van der Waals surface area contributed by atoms with E-state index in [0.29, 0.717) is 32.0 Å². The summed E-state index contributed by atoms with van der Waals surface area (Å²) < 4.78 is 5.13. The van der Waals surface area contributed by atoms with E-state index in [4.69, 9.17) is 15.6 Å². The van der Waals surface area contributed by atoms with Crippen molar-refractivity contribution in [1.82, 2.24) is 4.90 Å². The minimum absolute atomic E-state index is 0.0976. The van der Waals surface area contributed by atoms with Gasteiger partial charge in [-0.05, 0) is 25.7 Å². The molecule has 1 atom stereocenters. The number of amides is 1. The summed E-state index contributed by atoms with van der Waals surface area (Å²) in [5.41, 5.74) is 5.52. The molecule has 0 radical (unpaired) electrons. The maximum absolute atomic E-state index is 12.1. The Labute approximate surface area is 103 Å². The Morgan fingerprint density at radius 3 is 2.71 bits per heavy atom. The van der Waals surface area contributed by atoms with Crippen LogP contribution in [0.3, 0.4) is 0 Å². The quantitative estimate of drug-likeness (QED) is 0.635. The molecule has 0 spiro atoms. The van der Waals surface area contributed by atoms with Crippen LogP contribution in [0.1, 0.15) is 32.1 Å². The number of carbonyl (C=O) groups excluding carboxylic acids is 1. The number of hydrogen-bond acceptors (Lipinski definition) is 4. The van der Waals surface area contributed by atoms with Crippen LogP contribution in [-0.2, 0) is 9.53 Å². The minimum Gasteiger partial charge on any atom is -0.396 e. The number of methoxy groups -OCH3 is 1. The van der Waals surface area contributed by atoms with Crippen molar-refractivity contribution in [2.45, 2.75) is 44.2 Å². The highest BCUT2D eigenvalue weighted by molar-refractivity contribution is 5.77. The molecule has 0 aromatic heterocycles. The van der Waals surface area contributed by atoms with E-state index in [-0.39, 0.29) is 18.6 Å². The lowest BCUT2D eigenvalue weighted by atomic mass is 9.91. The molecule has 1 amide bonds. The number of ether oxygens (including phenoxy) is 1. The van der Waals surface area contributed by atoms with Gasteiger partial charge in [0, 0.05) is 32.8 Å². The minimum atomic E-state index is -0.195. The third-order valence-corrected chi connectivity index (χ3v) is 3.39. The van der Waals surface area contributed by atoms with Gasteiger partial charge in [-0.3, -0.25) is 4.79 Å². The molecule has 5 heteroatoms. The van der Waals surface area contributed by atoms with Gasteiger partial charge in [0.25, 0.3) is 0 Å². The molecule has 0 aromatic carbocycles. The summed E-state index contributed by atoms with van der Waals surface area (Å²) in [6.45, 7) is 1.13. The summed E-state index contributed by atoms with van der Waals surface area (Å²) in [7, 11) is 1.58. The average Bonchev–Trinajstić information content (AvgIpc) is 2.28. The molecule has 17 heavy (non-hydrogen) atoms. The van der Waals surface area contributed by atoms with Crippen LogP contribution in [0.4, 0.5) is 0 Å². The first-order valence-corrected chi connectivity index (χ1v) is 6.36. The Balaban J connectivity index is 2.46. The van der Waals surface area contributed by atoms with Gasteiger partial charge in [0.2, 0.25) is 5.91 Å². The summed E-state index contributed by atoms with van der Waals surface area (Å²) in [5, 5.41) is 8.86. The standard InChI is InChI=1S/C12H24N2O3/c1-17-11(9-13)8-12(16)14(6-3-7-15)10-4-2-5-10/h10-11,15H,2-9,13H2,1H3.